The van der Waals surface area contributed by atoms with Gasteiger partial charge in [0.25, 0.3) is 0 Å². The van der Waals surface area contributed by atoms with Gasteiger partial charge in [0.05, 0.1) is 4.90 Å². The van der Waals surface area contributed by atoms with E-state index in [-0.39, 0.29) is 6.04 Å². The molecular weight excluding hydrogens is 282 g/mol. The van der Waals surface area contributed by atoms with Gasteiger partial charge in [0.2, 0.25) is 10.0 Å². The molecule has 0 radical (unpaired) electrons. The van der Waals surface area contributed by atoms with Crippen molar-refractivity contribution < 1.29 is 8.42 Å². The fourth-order valence-corrected chi connectivity index (χ4v) is 4.47. The minimum atomic E-state index is -3.39. The highest BCUT2D eigenvalue weighted by Gasteiger charge is 2.29. The molecule has 0 spiro atoms. The summed E-state index contributed by atoms with van der Waals surface area (Å²) < 4.78 is 27.0. The Morgan fingerprint density at radius 1 is 1.32 bits per heavy atom. The molecule has 0 amide bonds. The van der Waals surface area contributed by atoms with E-state index >= 15 is 0 Å². The Bertz CT molecular complexity index is 530. The van der Waals surface area contributed by atoms with Gasteiger partial charge in [-0.1, -0.05) is 25.0 Å². The van der Waals surface area contributed by atoms with E-state index in [0.717, 1.165) is 31.2 Å². The lowest BCUT2D eigenvalue weighted by molar-refractivity contribution is 0.342. The van der Waals surface area contributed by atoms with E-state index in [1.54, 1.807) is 22.5 Å². The molecule has 1 aliphatic heterocycles. The van der Waals surface area contributed by atoms with E-state index in [0.29, 0.717) is 17.3 Å². The molecule has 2 rings (SSSR count). The maximum Gasteiger partial charge on any atom is 0.243 e. The van der Waals surface area contributed by atoms with Crippen LogP contribution in [0.1, 0.15) is 38.2 Å². The van der Waals surface area contributed by atoms with Gasteiger partial charge in [-0.25, -0.2) is 8.42 Å². The van der Waals surface area contributed by atoms with Crippen LogP contribution in [0.2, 0.25) is 0 Å². The standard InChI is InChI=1S/C14H20ClNO2S/c1-12-6-3-2-4-9-16(12)19(17,18)14-8-5-7-13(10-14)11-15/h5,7-8,10,12H,2-4,6,9,11H2,1H3. The molecule has 1 aliphatic rings. The Balaban J connectivity index is 2.34. The van der Waals surface area contributed by atoms with Gasteiger partial charge in [0.1, 0.15) is 0 Å². The van der Waals surface area contributed by atoms with Gasteiger partial charge in [-0.05, 0) is 37.5 Å². The monoisotopic (exact) mass is 301 g/mol. The van der Waals surface area contributed by atoms with Crippen molar-refractivity contribution >= 4 is 21.6 Å². The van der Waals surface area contributed by atoms with Crippen molar-refractivity contribution in [3.8, 4) is 0 Å². The zero-order valence-electron chi connectivity index (χ0n) is 11.2. The SMILES string of the molecule is CC1CCCCCN1S(=O)(=O)c1cccc(CCl)c1. The number of rotatable bonds is 3. The number of alkyl halides is 1. The van der Waals surface area contributed by atoms with Crippen LogP contribution >= 0.6 is 11.6 Å². The van der Waals surface area contributed by atoms with Crippen molar-refractivity contribution in [1.82, 2.24) is 4.31 Å². The first kappa shape index (κ1) is 14.8. The predicted octanol–water partition coefficient (Wildman–Crippen LogP) is 3.38. The number of benzene rings is 1. The second-order valence-electron chi connectivity index (χ2n) is 5.10. The molecule has 1 heterocycles. The fourth-order valence-electron chi connectivity index (χ4n) is 2.53. The normalized spacial score (nSPS) is 22.1. The maximum absolute atomic E-state index is 12.7. The summed E-state index contributed by atoms with van der Waals surface area (Å²) in [7, 11) is -3.39. The highest BCUT2D eigenvalue weighted by molar-refractivity contribution is 7.89. The Kier molecular flexibility index (Phi) is 4.87. The molecule has 19 heavy (non-hydrogen) atoms. The number of nitrogens with zero attached hydrogens (tertiary/aromatic N) is 1. The molecule has 1 aromatic rings. The van der Waals surface area contributed by atoms with Crippen molar-refractivity contribution in [2.45, 2.75) is 49.4 Å². The second-order valence-corrected chi connectivity index (χ2v) is 7.25. The quantitative estimate of drug-likeness (QED) is 0.803. The van der Waals surface area contributed by atoms with E-state index in [1.165, 1.54) is 0 Å². The summed E-state index contributed by atoms with van der Waals surface area (Å²) in [5.74, 6) is 0.332. The van der Waals surface area contributed by atoms with Crippen LogP contribution in [-0.2, 0) is 15.9 Å². The molecule has 0 aliphatic carbocycles. The Labute approximate surface area is 120 Å². The van der Waals surface area contributed by atoms with Crippen LogP contribution in [0.25, 0.3) is 0 Å². The van der Waals surface area contributed by atoms with Crippen LogP contribution in [0.5, 0.6) is 0 Å². The summed E-state index contributed by atoms with van der Waals surface area (Å²) in [6, 6.07) is 7.01. The molecular formula is C14H20ClNO2S. The zero-order valence-corrected chi connectivity index (χ0v) is 12.8. The minimum Gasteiger partial charge on any atom is -0.207 e. The number of halogens is 1. The predicted molar refractivity (Wildman–Crippen MR) is 77.8 cm³/mol. The van der Waals surface area contributed by atoms with Gasteiger partial charge in [-0.2, -0.15) is 4.31 Å². The number of sulfonamides is 1. The average Bonchev–Trinajstić information content (AvgIpc) is 2.64. The van der Waals surface area contributed by atoms with Crippen LogP contribution in [-0.4, -0.2) is 25.3 Å². The largest absolute Gasteiger partial charge is 0.243 e. The maximum atomic E-state index is 12.7. The molecule has 0 N–H and O–H groups in total. The first-order valence-electron chi connectivity index (χ1n) is 6.72. The molecule has 5 heteroatoms. The molecule has 1 unspecified atom stereocenters. The summed E-state index contributed by atoms with van der Waals surface area (Å²) in [6.07, 6.45) is 4.10. The smallest absolute Gasteiger partial charge is 0.207 e. The van der Waals surface area contributed by atoms with E-state index in [4.69, 9.17) is 11.6 Å². The van der Waals surface area contributed by atoms with Crippen molar-refractivity contribution in [2.75, 3.05) is 6.54 Å². The number of hydrogen-bond acceptors (Lipinski definition) is 2. The highest BCUT2D eigenvalue weighted by Crippen LogP contribution is 2.25. The molecule has 1 saturated heterocycles. The molecule has 0 aromatic heterocycles. The van der Waals surface area contributed by atoms with Crippen molar-refractivity contribution in [2.24, 2.45) is 0 Å². The number of hydrogen-bond donors (Lipinski definition) is 0. The van der Waals surface area contributed by atoms with Crippen LogP contribution < -0.4 is 0 Å². The summed E-state index contributed by atoms with van der Waals surface area (Å²) >= 11 is 5.78. The highest BCUT2D eigenvalue weighted by atomic mass is 35.5. The zero-order chi connectivity index (χ0) is 13.9. The van der Waals surface area contributed by atoms with Crippen molar-refractivity contribution in [1.29, 1.82) is 0 Å². The Morgan fingerprint density at radius 3 is 2.84 bits per heavy atom. The van der Waals surface area contributed by atoms with Crippen LogP contribution in [0, 0.1) is 0 Å². The van der Waals surface area contributed by atoms with E-state index < -0.39 is 10.0 Å². The van der Waals surface area contributed by atoms with Crippen molar-refractivity contribution in [3.63, 3.8) is 0 Å². The summed E-state index contributed by atoms with van der Waals surface area (Å²) in [5.41, 5.74) is 0.838. The van der Waals surface area contributed by atoms with E-state index in [2.05, 4.69) is 0 Å². The molecule has 106 valence electrons. The minimum absolute atomic E-state index is 0.0761. The third-order valence-corrected chi connectivity index (χ3v) is 5.97. The fraction of sp³-hybridized carbons (Fsp3) is 0.571. The lowest BCUT2D eigenvalue weighted by Crippen LogP contribution is -2.38. The third-order valence-electron chi connectivity index (χ3n) is 3.65. The van der Waals surface area contributed by atoms with Crippen LogP contribution in [0.4, 0.5) is 0 Å². The summed E-state index contributed by atoms with van der Waals surface area (Å²) in [6.45, 7) is 2.61. The van der Waals surface area contributed by atoms with Gasteiger partial charge < -0.3 is 0 Å². The molecule has 1 atom stereocenters. The molecule has 1 aromatic carbocycles. The van der Waals surface area contributed by atoms with Crippen LogP contribution in [0.15, 0.2) is 29.2 Å². The van der Waals surface area contributed by atoms with Gasteiger partial charge in [0, 0.05) is 18.5 Å². The lowest BCUT2D eigenvalue weighted by Gasteiger charge is -2.26. The summed E-state index contributed by atoms with van der Waals surface area (Å²) in [5, 5.41) is 0. The second kappa shape index (κ2) is 6.25. The molecule has 0 saturated carbocycles. The Morgan fingerprint density at radius 2 is 2.11 bits per heavy atom. The molecule has 3 nitrogen and oxygen atoms in total. The molecule has 0 bridgehead atoms. The third kappa shape index (κ3) is 3.30. The van der Waals surface area contributed by atoms with Crippen LogP contribution in [0.3, 0.4) is 0 Å². The molecule has 1 fully saturated rings. The van der Waals surface area contributed by atoms with Crippen molar-refractivity contribution in [3.05, 3.63) is 29.8 Å². The first-order chi connectivity index (χ1) is 9.05. The van der Waals surface area contributed by atoms with Gasteiger partial charge in [-0.3, -0.25) is 0 Å². The Hall–Kier alpha value is -0.580. The van der Waals surface area contributed by atoms with Gasteiger partial charge in [-0.15, -0.1) is 11.6 Å². The first-order valence-corrected chi connectivity index (χ1v) is 8.70. The lowest BCUT2D eigenvalue weighted by atomic mass is 10.1. The van der Waals surface area contributed by atoms with Gasteiger partial charge >= 0.3 is 0 Å². The van der Waals surface area contributed by atoms with Gasteiger partial charge in [0.15, 0.2) is 0 Å². The topological polar surface area (TPSA) is 37.4 Å². The summed E-state index contributed by atoms with van der Waals surface area (Å²) in [4.78, 5) is 0.361. The van der Waals surface area contributed by atoms with E-state index in [9.17, 15) is 8.42 Å². The van der Waals surface area contributed by atoms with E-state index in [1.807, 2.05) is 13.0 Å². The average molecular weight is 302 g/mol.